The molecular weight excluding hydrogens is 418 g/mol. The van der Waals surface area contributed by atoms with E-state index in [4.69, 9.17) is 18.5 Å². The summed E-state index contributed by atoms with van der Waals surface area (Å²) < 4.78 is 1.43. The summed E-state index contributed by atoms with van der Waals surface area (Å²) in [7, 11) is 1.63. The number of aryl methyl sites for hydroxylation is 1. The average Bonchev–Trinajstić information content (AvgIpc) is 2.69. The van der Waals surface area contributed by atoms with Gasteiger partial charge in [-0.05, 0) is 55.5 Å². The van der Waals surface area contributed by atoms with Crippen LogP contribution in [0.2, 0.25) is 5.02 Å². The summed E-state index contributed by atoms with van der Waals surface area (Å²) in [6, 6.07) is 6.41. The number of carbonyl (C=O) groups excluding carboxylic acids is 3. The minimum Gasteiger partial charge on any atom is -0.351 e. The third-order valence-corrected chi connectivity index (χ3v) is 5.95. The molecule has 7 nitrogen and oxygen atoms in total. The zero-order valence-electron chi connectivity index (χ0n) is 17.6. The van der Waals surface area contributed by atoms with E-state index < -0.39 is 17.2 Å². The topological polar surface area (TPSA) is 97.3 Å². The maximum atomic E-state index is 12.8. The zero-order valence-corrected chi connectivity index (χ0v) is 18.4. The summed E-state index contributed by atoms with van der Waals surface area (Å²) in [6.07, 6.45) is 2.22. The Labute approximate surface area is 185 Å². The first-order chi connectivity index (χ1) is 14.5. The molecule has 0 bridgehead atoms. The first-order valence-electron chi connectivity index (χ1n) is 9.87. The molecule has 3 rings (SSSR count). The average molecular weight is 442 g/mol. The van der Waals surface area contributed by atoms with Crippen LogP contribution >= 0.6 is 11.6 Å². The van der Waals surface area contributed by atoms with Crippen molar-refractivity contribution in [3.05, 3.63) is 75.0 Å². The Morgan fingerprint density at radius 1 is 1.29 bits per heavy atom. The quantitative estimate of drug-likeness (QED) is 0.695. The van der Waals surface area contributed by atoms with Gasteiger partial charge in [0.15, 0.2) is 0 Å². The van der Waals surface area contributed by atoms with Crippen LogP contribution in [-0.4, -0.2) is 22.3 Å². The third kappa shape index (κ3) is 4.71. The number of hydrogen-bond acceptors (Lipinski definition) is 4. The minimum absolute atomic E-state index is 0.152. The molecule has 1 unspecified atom stereocenters. The van der Waals surface area contributed by atoms with Crippen LogP contribution in [0.15, 0.2) is 35.3 Å². The maximum Gasteiger partial charge on any atom is 0.250 e. The lowest BCUT2D eigenvalue weighted by atomic mass is 9.84. The van der Waals surface area contributed by atoms with Gasteiger partial charge in [-0.15, -0.1) is 0 Å². The standard InChI is InChI=1S/C23H24ClN3O4/c1-13-9-14(10-17(24)20(13)16-6-7-18(28)26-21(16)30)11-25-22(31)23(2,3)15-5-8-19(29)27(4)12-15/h1,5,8-10,12,16H,6-7,11H2,2-4H3,(H,25,31)(H,26,28,30). The largest absolute Gasteiger partial charge is 0.351 e. The summed E-state index contributed by atoms with van der Waals surface area (Å²) in [4.78, 5) is 48.0. The van der Waals surface area contributed by atoms with Crippen molar-refractivity contribution in [2.75, 3.05) is 0 Å². The fraction of sp³-hybridized carbons (Fsp3) is 0.348. The number of benzene rings is 1. The molecule has 1 aliphatic heterocycles. The number of imide groups is 1. The van der Waals surface area contributed by atoms with E-state index in [1.54, 1.807) is 45.3 Å². The summed E-state index contributed by atoms with van der Waals surface area (Å²) in [6.45, 7) is 9.90. The highest BCUT2D eigenvalue weighted by Gasteiger charge is 2.32. The fourth-order valence-corrected chi connectivity index (χ4v) is 4.02. The van der Waals surface area contributed by atoms with Crippen molar-refractivity contribution in [2.24, 2.45) is 7.05 Å². The van der Waals surface area contributed by atoms with Gasteiger partial charge >= 0.3 is 0 Å². The lowest BCUT2D eigenvalue weighted by molar-refractivity contribution is -0.134. The van der Waals surface area contributed by atoms with Gasteiger partial charge < -0.3 is 9.88 Å². The maximum absolute atomic E-state index is 12.8. The molecule has 162 valence electrons. The summed E-state index contributed by atoms with van der Waals surface area (Å²) in [5.41, 5.74) is 1.20. The van der Waals surface area contributed by atoms with Crippen molar-refractivity contribution in [3.63, 3.8) is 0 Å². The predicted octanol–water partition coefficient (Wildman–Crippen LogP) is 2.21. The summed E-state index contributed by atoms with van der Waals surface area (Å²) in [5, 5.41) is 5.50. The van der Waals surface area contributed by atoms with Gasteiger partial charge in [0.1, 0.15) is 0 Å². The lowest BCUT2D eigenvalue weighted by Crippen LogP contribution is -2.40. The number of nitrogens with one attached hydrogen (secondary N) is 2. The SMILES string of the molecule is [CH]c1cc(CNC(=O)C(C)(C)c2ccc(=O)n(C)c2)cc(Cl)c1C1CCC(=O)NC1=O. The molecule has 0 aliphatic carbocycles. The molecule has 8 heteroatoms. The van der Waals surface area contributed by atoms with Crippen molar-refractivity contribution in [1.29, 1.82) is 0 Å². The molecule has 2 heterocycles. The van der Waals surface area contributed by atoms with Crippen LogP contribution < -0.4 is 16.2 Å². The molecule has 1 aromatic carbocycles. The van der Waals surface area contributed by atoms with Crippen molar-refractivity contribution in [2.45, 2.75) is 44.6 Å². The first kappa shape index (κ1) is 22.7. The number of amides is 3. The molecule has 1 aromatic heterocycles. The van der Waals surface area contributed by atoms with Gasteiger partial charge in [-0.3, -0.25) is 24.5 Å². The first-order valence-corrected chi connectivity index (χ1v) is 10.3. The van der Waals surface area contributed by atoms with Gasteiger partial charge in [0.25, 0.3) is 0 Å². The Kier molecular flexibility index (Phi) is 6.36. The number of pyridine rings is 1. The minimum atomic E-state index is -0.868. The van der Waals surface area contributed by atoms with Crippen molar-refractivity contribution >= 4 is 29.3 Å². The number of aromatic nitrogens is 1. The molecule has 3 amide bonds. The number of nitrogens with zero attached hydrogens (tertiary/aromatic N) is 1. The molecule has 1 atom stereocenters. The van der Waals surface area contributed by atoms with E-state index in [1.807, 2.05) is 0 Å². The number of halogens is 1. The Bertz CT molecular complexity index is 1100. The second kappa shape index (κ2) is 8.67. The lowest BCUT2D eigenvalue weighted by Gasteiger charge is -2.25. The van der Waals surface area contributed by atoms with Crippen LogP contribution in [0.5, 0.6) is 0 Å². The van der Waals surface area contributed by atoms with E-state index in [2.05, 4.69) is 10.6 Å². The highest BCUT2D eigenvalue weighted by molar-refractivity contribution is 6.32. The predicted molar refractivity (Wildman–Crippen MR) is 117 cm³/mol. The monoisotopic (exact) mass is 441 g/mol. The van der Waals surface area contributed by atoms with E-state index in [0.29, 0.717) is 33.7 Å². The van der Waals surface area contributed by atoms with E-state index in [0.717, 1.165) is 0 Å². The van der Waals surface area contributed by atoms with Crippen LogP contribution in [0.3, 0.4) is 0 Å². The molecule has 2 aromatic rings. The molecule has 0 spiro atoms. The summed E-state index contributed by atoms with van der Waals surface area (Å²) in [5.74, 6) is -1.53. The van der Waals surface area contributed by atoms with Crippen molar-refractivity contribution < 1.29 is 14.4 Å². The third-order valence-electron chi connectivity index (χ3n) is 5.64. The van der Waals surface area contributed by atoms with Crippen molar-refractivity contribution in [1.82, 2.24) is 15.2 Å². The summed E-state index contributed by atoms with van der Waals surface area (Å²) >= 11 is 6.41. The fourth-order valence-electron chi connectivity index (χ4n) is 3.63. The molecule has 2 radical (unpaired) electrons. The van der Waals surface area contributed by atoms with Crippen molar-refractivity contribution in [3.8, 4) is 0 Å². The highest BCUT2D eigenvalue weighted by Crippen LogP contribution is 2.34. The van der Waals surface area contributed by atoms with Gasteiger partial charge in [-0.25, -0.2) is 0 Å². The van der Waals surface area contributed by atoms with E-state index >= 15 is 0 Å². The molecule has 2 N–H and O–H groups in total. The van der Waals surface area contributed by atoms with Crippen LogP contribution in [-0.2, 0) is 33.4 Å². The van der Waals surface area contributed by atoms with E-state index in [9.17, 15) is 19.2 Å². The second-order valence-electron chi connectivity index (χ2n) is 8.26. The van der Waals surface area contributed by atoms with Crippen LogP contribution in [0.4, 0.5) is 0 Å². The number of piperidine rings is 1. The smallest absolute Gasteiger partial charge is 0.250 e. The highest BCUT2D eigenvalue weighted by atomic mass is 35.5. The van der Waals surface area contributed by atoms with Gasteiger partial charge in [-0.1, -0.05) is 23.7 Å². The van der Waals surface area contributed by atoms with Gasteiger partial charge in [0.2, 0.25) is 23.3 Å². The Balaban J connectivity index is 1.75. The number of carbonyl (C=O) groups is 3. The zero-order chi connectivity index (χ0) is 22.9. The molecule has 1 aliphatic rings. The molecule has 0 saturated carbocycles. The van der Waals surface area contributed by atoms with Crippen LogP contribution in [0.25, 0.3) is 0 Å². The van der Waals surface area contributed by atoms with Crippen LogP contribution in [0, 0.1) is 6.92 Å². The van der Waals surface area contributed by atoms with E-state index in [-0.39, 0.29) is 30.3 Å². The molecular formula is C23H24ClN3O4. The van der Waals surface area contributed by atoms with Gasteiger partial charge in [0.05, 0.1) is 11.3 Å². The van der Waals surface area contributed by atoms with Gasteiger partial charge in [-0.2, -0.15) is 0 Å². The van der Waals surface area contributed by atoms with E-state index in [1.165, 1.54) is 10.6 Å². The number of rotatable bonds is 5. The number of hydrogen-bond donors (Lipinski definition) is 2. The van der Waals surface area contributed by atoms with Gasteiger partial charge in [0, 0.05) is 37.3 Å². The Morgan fingerprint density at radius 3 is 2.61 bits per heavy atom. The Morgan fingerprint density at radius 2 is 2.00 bits per heavy atom. The normalized spacial score (nSPS) is 16.7. The molecule has 31 heavy (non-hydrogen) atoms. The molecule has 1 saturated heterocycles. The molecule has 1 fully saturated rings. The van der Waals surface area contributed by atoms with Crippen LogP contribution in [0.1, 0.15) is 54.9 Å². The second-order valence-corrected chi connectivity index (χ2v) is 8.67. The Hall–Kier alpha value is -2.93.